The van der Waals surface area contributed by atoms with Crippen molar-refractivity contribution in [3.05, 3.63) is 30.2 Å². The van der Waals surface area contributed by atoms with Gasteiger partial charge in [0.2, 0.25) is 0 Å². The minimum absolute atomic E-state index is 0.493. The molecule has 0 aliphatic heterocycles. The van der Waals surface area contributed by atoms with Crippen LogP contribution in [0.4, 0.5) is 0 Å². The van der Waals surface area contributed by atoms with Crippen molar-refractivity contribution in [1.29, 1.82) is 0 Å². The number of fused-ring (bicyclic) bond motifs is 1. The molecule has 14 heavy (non-hydrogen) atoms. The first-order chi connectivity index (χ1) is 6.70. The topological polar surface area (TPSA) is 17.3 Å². The number of pyridine rings is 1. The lowest BCUT2D eigenvalue weighted by Crippen LogP contribution is -1.84. The van der Waals surface area contributed by atoms with Crippen molar-refractivity contribution >= 4 is 17.4 Å². The monoisotopic (exact) mass is 206 g/mol. The number of hydrogen-bond acceptors (Lipinski definition) is 2. The van der Waals surface area contributed by atoms with E-state index in [0.717, 1.165) is 11.3 Å². The van der Waals surface area contributed by atoms with E-state index in [1.807, 2.05) is 0 Å². The van der Waals surface area contributed by atoms with Crippen LogP contribution >= 0.6 is 11.8 Å². The Bertz CT molecular complexity index is 445. The molecule has 0 aliphatic carbocycles. The first-order valence-electron chi connectivity index (χ1n) is 4.73. The Labute approximate surface area is 88.4 Å². The lowest BCUT2D eigenvalue weighted by Gasteiger charge is -1.96. The fraction of sp³-hybridized carbons (Fsp3) is 0.364. The average molecular weight is 206 g/mol. The van der Waals surface area contributed by atoms with E-state index in [9.17, 15) is 0 Å². The van der Waals surface area contributed by atoms with Crippen LogP contribution in [0.15, 0.2) is 29.4 Å². The third-order valence-corrected chi connectivity index (χ3v) is 2.98. The Morgan fingerprint density at radius 1 is 1.29 bits per heavy atom. The second kappa shape index (κ2) is 3.65. The van der Waals surface area contributed by atoms with Gasteiger partial charge in [-0.3, -0.25) is 0 Å². The highest BCUT2D eigenvalue weighted by molar-refractivity contribution is 7.98. The first-order valence-corrected chi connectivity index (χ1v) is 5.96. The van der Waals surface area contributed by atoms with Gasteiger partial charge in [-0.2, -0.15) is 0 Å². The molecule has 0 atom stereocenters. The normalized spacial score (nSPS) is 11.4. The standard InChI is InChI=1S/C11H14N2S/c1-8(2)10-7-13-6-9(14-3)4-5-11(13)12-10/h4-8H,1-3H3. The zero-order valence-corrected chi connectivity index (χ0v) is 9.51. The van der Waals surface area contributed by atoms with E-state index in [1.54, 1.807) is 11.8 Å². The molecule has 0 spiro atoms. The van der Waals surface area contributed by atoms with Crippen LogP contribution in [0.5, 0.6) is 0 Å². The number of thioether (sulfide) groups is 1. The van der Waals surface area contributed by atoms with E-state index < -0.39 is 0 Å². The lowest BCUT2D eigenvalue weighted by molar-refractivity contribution is 0.834. The molecule has 0 bridgehead atoms. The van der Waals surface area contributed by atoms with E-state index in [2.05, 4.69) is 54.0 Å². The van der Waals surface area contributed by atoms with E-state index >= 15 is 0 Å². The van der Waals surface area contributed by atoms with Crippen LogP contribution in [0.2, 0.25) is 0 Å². The van der Waals surface area contributed by atoms with E-state index in [4.69, 9.17) is 0 Å². The third-order valence-electron chi connectivity index (χ3n) is 2.27. The van der Waals surface area contributed by atoms with Gasteiger partial charge < -0.3 is 4.40 Å². The van der Waals surface area contributed by atoms with Crippen molar-refractivity contribution in [1.82, 2.24) is 9.38 Å². The van der Waals surface area contributed by atoms with Gasteiger partial charge >= 0.3 is 0 Å². The summed E-state index contributed by atoms with van der Waals surface area (Å²) in [5, 5.41) is 0. The average Bonchev–Trinajstić information content (AvgIpc) is 2.59. The highest BCUT2D eigenvalue weighted by atomic mass is 32.2. The Morgan fingerprint density at radius 3 is 2.71 bits per heavy atom. The number of rotatable bonds is 2. The fourth-order valence-electron chi connectivity index (χ4n) is 1.39. The van der Waals surface area contributed by atoms with Crippen LogP contribution in [-0.2, 0) is 0 Å². The summed E-state index contributed by atoms with van der Waals surface area (Å²) in [7, 11) is 0. The molecule has 74 valence electrons. The summed E-state index contributed by atoms with van der Waals surface area (Å²) in [5.41, 5.74) is 2.19. The molecule has 2 nitrogen and oxygen atoms in total. The SMILES string of the molecule is CSc1ccc2nc(C(C)C)cn2c1. The summed E-state index contributed by atoms with van der Waals surface area (Å²) in [4.78, 5) is 5.81. The Morgan fingerprint density at radius 2 is 2.07 bits per heavy atom. The highest BCUT2D eigenvalue weighted by Crippen LogP contribution is 2.18. The molecule has 3 heteroatoms. The van der Waals surface area contributed by atoms with Gasteiger partial charge in [0.25, 0.3) is 0 Å². The summed E-state index contributed by atoms with van der Waals surface area (Å²) in [6.07, 6.45) is 6.32. The van der Waals surface area contributed by atoms with Gasteiger partial charge in [-0.1, -0.05) is 13.8 Å². The molecular weight excluding hydrogens is 192 g/mol. The predicted octanol–water partition coefficient (Wildman–Crippen LogP) is 3.18. The van der Waals surface area contributed by atoms with Crippen LogP contribution in [0.25, 0.3) is 5.65 Å². The first kappa shape index (κ1) is 9.59. The second-order valence-corrected chi connectivity index (χ2v) is 4.53. The molecule has 2 rings (SSSR count). The molecule has 0 N–H and O–H groups in total. The molecule has 2 aromatic heterocycles. The lowest BCUT2D eigenvalue weighted by atomic mass is 10.2. The molecule has 0 aromatic carbocycles. The Kier molecular flexibility index (Phi) is 2.50. The maximum atomic E-state index is 4.54. The van der Waals surface area contributed by atoms with Gasteiger partial charge in [0.1, 0.15) is 5.65 Å². The molecule has 0 saturated heterocycles. The number of imidazole rings is 1. The molecule has 0 amide bonds. The van der Waals surface area contributed by atoms with Crippen LogP contribution in [0.3, 0.4) is 0 Å². The molecule has 2 aromatic rings. The largest absolute Gasteiger partial charge is 0.306 e. The van der Waals surface area contributed by atoms with Crippen molar-refractivity contribution in [2.75, 3.05) is 6.26 Å². The van der Waals surface area contributed by atoms with Crippen molar-refractivity contribution in [2.24, 2.45) is 0 Å². The van der Waals surface area contributed by atoms with E-state index in [-0.39, 0.29) is 0 Å². The van der Waals surface area contributed by atoms with Gasteiger partial charge in [0.15, 0.2) is 0 Å². The van der Waals surface area contributed by atoms with Gasteiger partial charge in [0, 0.05) is 17.3 Å². The predicted molar refractivity (Wildman–Crippen MR) is 61.1 cm³/mol. The van der Waals surface area contributed by atoms with Crippen LogP contribution in [-0.4, -0.2) is 15.6 Å². The number of nitrogens with zero attached hydrogens (tertiary/aromatic N) is 2. The summed E-state index contributed by atoms with van der Waals surface area (Å²) < 4.78 is 2.10. The second-order valence-electron chi connectivity index (χ2n) is 3.65. The summed E-state index contributed by atoms with van der Waals surface area (Å²) >= 11 is 1.75. The smallest absolute Gasteiger partial charge is 0.137 e. The van der Waals surface area contributed by atoms with Crippen LogP contribution in [0, 0.1) is 0 Å². The number of hydrogen-bond donors (Lipinski definition) is 0. The maximum Gasteiger partial charge on any atom is 0.137 e. The van der Waals surface area contributed by atoms with Crippen molar-refractivity contribution in [2.45, 2.75) is 24.7 Å². The van der Waals surface area contributed by atoms with Crippen LogP contribution in [0.1, 0.15) is 25.5 Å². The van der Waals surface area contributed by atoms with Crippen LogP contribution < -0.4 is 0 Å². The third kappa shape index (κ3) is 1.64. The fourth-order valence-corrected chi connectivity index (χ4v) is 1.81. The zero-order chi connectivity index (χ0) is 10.1. The van der Waals surface area contributed by atoms with E-state index in [0.29, 0.717) is 5.92 Å². The summed E-state index contributed by atoms with van der Waals surface area (Å²) in [6, 6.07) is 4.18. The minimum Gasteiger partial charge on any atom is -0.306 e. The van der Waals surface area contributed by atoms with E-state index in [1.165, 1.54) is 4.90 Å². The molecule has 0 aliphatic rings. The summed E-state index contributed by atoms with van der Waals surface area (Å²) in [6.45, 7) is 4.33. The zero-order valence-electron chi connectivity index (χ0n) is 8.69. The van der Waals surface area contributed by atoms with Gasteiger partial charge in [-0.15, -0.1) is 11.8 Å². The maximum absolute atomic E-state index is 4.54. The highest BCUT2D eigenvalue weighted by Gasteiger charge is 2.05. The van der Waals surface area contributed by atoms with Crippen molar-refractivity contribution < 1.29 is 0 Å². The molecule has 0 fully saturated rings. The van der Waals surface area contributed by atoms with Crippen molar-refractivity contribution in [3.8, 4) is 0 Å². The van der Waals surface area contributed by atoms with Gasteiger partial charge in [0.05, 0.1) is 5.69 Å². The van der Waals surface area contributed by atoms with Crippen molar-refractivity contribution in [3.63, 3.8) is 0 Å². The minimum atomic E-state index is 0.493. The Hall–Kier alpha value is -0.960. The molecule has 0 unspecified atom stereocenters. The summed E-state index contributed by atoms with van der Waals surface area (Å²) in [5.74, 6) is 0.493. The molecule has 0 radical (unpaired) electrons. The van der Waals surface area contributed by atoms with Gasteiger partial charge in [-0.05, 0) is 24.3 Å². The molecule has 2 heterocycles. The quantitative estimate of drug-likeness (QED) is 0.702. The molecular formula is C11H14N2S. The Balaban J connectivity index is 2.54. The molecule has 0 saturated carbocycles. The number of aromatic nitrogens is 2. The van der Waals surface area contributed by atoms with Gasteiger partial charge in [-0.25, -0.2) is 4.98 Å².